The van der Waals surface area contributed by atoms with Crippen molar-refractivity contribution in [2.75, 3.05) is 26.1 Å². The van der Waals surface area contributed by atoms with Crippen LogP contribution in [0.3, 0.4) is 0 Å². The van der Waals surface area contributed by atoms with Crippen LogP contribution in [0.15, 0.2) is 42.5 Å². The van der Waals surface area contributed by atoms with Gasteiger partial charge in [-0.2, -0.15) is 0 Å². The van der Waals surface area contributed by atoms with Gasteiger partial charge in [-0.25, -0.2) is 4.79 Å². The molecule has 4 amide bonds. The van der Waals surface area contributed by atoms with Crippen molar-refractivity contribution in [3.63, 3.8) is 0 Å². The van der Waals surface area contributed by atoms with E-state index >= 15 is 0 Å². The van der Waals surface area contributed by atoms with Crippen LogP contribution in [0.4, 0.5) is 10.5 Å². The zero-order valence-corrected chi connectivity index (χ0v) is 18.3. The third kappa shape index (κ3) is 4.12. The van der Waals surface area contributed by atoms with Gasteiger partial charge in [0.25, 0.3) is 5.91 Å². The van der Waals surface area contributed by atoms with Crippen LogP contribution >= 0.6 is 0 Å². The van der Waals surface area contributed by atoms with E-state index in [0.717, 1.165) is 29.7 Å². The van der Waals surface area contributed by atoms with E-state index in [0.29, 0.717) is 24.3 Å². The summed E-state index contributed by atoms with van der Waals surface area (Å²) in [5.74, 6) is 0.939. The van der Waals surface area contributed by atoms with Crippen molar-refractivity contribution in [3.8, 4) is 22.6 Å². The highest BCUT2D eigenvalue weighted by Gasteiger charge is 2.52. The smallest absolute Gasteiger partial charge is 0.325 e. The molecule has 8 nitrogen and oxygen atoms in total. The molecule has 1 saturated carbocycles. The Hall–Kier alpha value is -3.55. The quantitative estimate of drug-likeness (QED) is 0.646. The number of anilines is 1. The first-order valence-electron chi connectivity index (χ1n) is 10.7. The third-order valence-corrected chi connectivity index (χ3v) is 6.15. The van der Waals surface area contributed by atoms with Gasteiger partial charge in [0.15, 0.2) is 0 Å². The number of nitrogens with zero attached hydrogens (tertiary/aromatic N) is 1. The summed E-state index contributed by atoms with van der Waals surface area (Å²) in [7, 11) is 3.20. The SMILES string of the molecule is COc1ccc(-c2cc(NC(=O)CCN3C(=O)NC4(CCCC4)C3=O)ccc2OC)cc1. The molecule has 8 heteroatoms. The first-order valence-corrected chi connectivity index (χ1v) is 10.7. The first-order chi connectivity index (χ1) is 15.5. The Labute approximate surface area is 186 Å². The zero-order chi connectivity index (χ0) is 22.7. The van der Waals surface area contributed by atoms with Gasteiger partial charge in [-0.1, -0.05) is 25.0 Å². The van der Waals surface area contributed by atoms with Crippen molar-refractivity contribution >= 4 is 23.5 Å². The lowest BCUT2D eigenvalue weighted by Crippen LogP contribution is -2.44. The average molecular weight is 437 g/mol. The molecule has 2 aliphatic rings. The fourth-order valence-electron chi connectivity index (χ4n) is 4.42. The lowest BCUT2D eigenvalue weighted by molar-refractivity contribution is -0.131. The molecule has 2 fully saturated rings. The van der Waals surface area contributed by atoms with E-state index in [1.807, 2.05) is 30.3 Å². The maximum atomic E-state index is 12.7. The Balaban J connectivity index is 1.42. The summed E-state index contributed by atoms with van der Waals surface area (Å²) in [6.45, 7) is 0.0553. The van der Waals surface area contributed by atoms with Gasteiger partial charge in [-0.3, -0.25) is 14.5 Å². The molecule has 1 spiro atoms. The molecule has 2 aromatic rings. The number of hydrogen-bond acceptors (Lipinski definition) is 5. The highest BCUT2D eigenvalue weighted by Crippen LogP contribution is 2.35. The van der Waals surface area contributed by atoms with E-state index in [4.69, 9.17) is 9.47 Å². The molecule has 0 unspecified atom stereocenters. The predicted molar refractivity (Wildman–Crippen MR) is 120 cm³/mol. The molecule has 32 heavy (non-hydrogen) atoms. The van der Waals surface area contributed by atoms with Crippen molar-refractivity contribution in [2.24, 2.45) is 0 Å². The Kier molecular flexibility index (Phi) is 6.03. The van der Waals surface area contributed by atoms with E-state index in [-0.39, 0.29) is 24.8 Å². The minimum Gasteiger partial charge on any atom is -0.497 e. The Morgan fingerprint density at radius 2 is 1.78 bits per heavy atom. The average Bonchev–Trinajstić information content (AvgIpc) is 3.37. The van der Waals surface area contributed by atoms with Gasteiger partial charge >= 0.3 is 6.03 Å². The third-order valence-electron chi connectivity index (χ3n) is 6.15. The highest BCUT2D eigenvalue weighted by atomic mass is 16.5. The maximum absolute atomic E-state index is 12.7. The van der Waals surface area contributed by atoms with Gasteiger partial charge in [0.1, 0.15) is 17.0 Å². The topological polar surface area (TPSA) is 97.0 Å². The summed E-state index contributed by atoms with van der Waals surface area (Å²) in [5.41, 5.74) is 1.59. The molecule has 0 atom stereocenters. The molecular formula is C24H27N3O5. The molecule has 1 saturated heterocycles. The normalized spacial score (nSPS) is 16.9. The Morgan fingerprint density at radius 1 is 1.06 bits per heavy atom. The molecule has 2 N–H and O–H groups in total. The molecule has 0 radical (unpaired) electrons. The standard InChI is InChI=1S/C24H27N3O5/c1-31-18-8-5-16(6-9-18)19-15-17(7-10-20(19)32-2)25-21(28)11-14-27-22(29)24(26-23(27)30)12-3-4-13-24/h5-10,15H,3-4,11-14H2,1-2H3,(H,25,28)(H,26,30). The number of carbonyl (C=O) groups excluding carboxylic acids is 3. The molecule has 1 aliphatic heterocycles. The first kappa shape index (κ1) is 21.7. The summed E-state index contributed by atoms with van der Waals surface area (Å²) in [6.07, 6.45) is 3.21. The molecule has 0 aromatic heterocycles. The van der Waals surface area contributed by atoms with Crippen molar-refractivity contribution in [1.82, 2.24) is 10.2 Å². The number of hydrogen-bond donors (Lipinski definition) is 2. The lowest BCUT2D eigenvalue weighted by atomic mass is 9.98. The summed E-state index contributed by atoms with van der Waals surface area (Å²) >= 11 is 0. The monoisotopic (exact) mass is 437 g/mol. The summed E-state index contributed by atoms with van der Waals surface area (Å²) < 4.78 is 10.7. The lowest BCUT2D eigenvalue weighted by Gasteiger charge is -2.20. The number of benzene rings is 2. The van der Waals surface area contributed by atoms with Crippen molar-refractivity contribution in [1.29, 1.82) is 0 Å². The highest BCUT2D eigenvalue weighted by molar-refractivity contribution is 6.07. The predicted octanol–water partition coefficient (Wildman–Crippen LogP) is 3.56. The number of nitrogens with one attached hydrogen (secondary N) is 2. The van der Waals surface area contributed by atoms with Gasteiger partial charge in [0.2, 0.25) is 5.91 Å². The molecule has 1 heterocycles. The van der Waals surface area contributed by atoms with Gasteiger partial charge in [0.05, 0.1) is 14.2 Å². The van der Waals surface area contributed by atoms with Crippen LogP contribution in [-0.4, -0.2) is 49.0 Å². The van der Waals surface area contributed by atoms with E-state index in [2.05, 4.69) is 10.6 Å². The van der Waals surface area contributed by atoms with Gasteiger partial charge in [0, 0.05) is 24.2 Å². The molecule has 2 aromatic carbocycles. The molecule has 1 aliphatic carbocycles. The molecule has 4 rings (SSSR count). The van der Waals surface area contributed by atoms with Gasteiger partial charge in [-0.15, -0.1) is 0 Å². The van der Waals surface area contributed by atoms with Crippen molar-refractivity contribution in [3.05, 3.63) is 42.5 Å². The van der Waals surface area contributed by atoms with Crippen molar-refractivity contribution in [2.45, 2.75) is 37.6 Å². The van der Waals surface area contributed by atoms with Crippen LogP contribution in [0.2, 0.25) is 0 Å². The molecule has 0 bridgehead atoms. The maximum Gasteiger partial charge on any atom is 0.325 e. The summed E-state index contributed by atoms with van der Waals surface area (Å²) in [6, 6.07) is 12.5. The summed E-state index contributed by atoms with van der Waals surface area (Å²) in [5, 5.41) is 5.68. The van der Waals surface area contributed by atoms with E-state index in [1.54, 1.807) is 26.4 Å². The summed E-state index contributed by atoms with van der Waals surface area (Å²) in [4.78, 5) is 38.7. The molecule has 168 valence electrons. The fraction of sp³-hybridized carbons (Fsp3) is 0.375. The van der Waals surface area contributed by atoms with Crippen LogP contribution in [0.25, 0.3) is 11.1 Å². The van der Waals surface area contributed by atoms with Crippen LogP contribution in [-0.2, 0) is 9.59 Å². The second-order valence-electron chi connectivity index (χ2n) is 8.12. The zero-order valence-electron chi connectivity index (χ0n) is 18.3. The van der Waals surface area contributed by atoms with Crippen LogP contribution in [0, 0.1) is 0 Å². The van der Waals surface area contributed by atoms with Gasteiger partial charge in [-0.05, 0) is 48.7 Å². The number of ether oxygens (including phenoxy) is 2. The second-order valence-corrected chi connectivity index (χ2v) is 8.12. The van der Waals surface area contributed by atoms with Crippen LogP contribution in [0.5, 0.6) is 11.5 Å². The fourth-order valence-corrected chi connectivity index (χ4v) is 4.42. The van der Waals surface area contributed by atoms with Gasteiger partial charge < -0.3 is 20.1 Å². The second kappa shape index (κ2) is 8.90. The minimum atomic E-state index is -0.753. The number of carbonyl (C=O) groups is 3. The van der Waals surface area contributed by atoms with Crippen LogP contribution < -0.4 is 20.1 Å². The Morgan fingerprint density at radius 3 is 2.44 bits per heavy atom. The van der Waals surface area contributed by atoms with Crippen LogP contribution in [0.1, 0.15) is 32.1 Å². The van der Waals surface area contributed by atoms with Crippen molar-refractivity contribution < 1.29 is 23.9 Å². The van der Waals surface area contributed by atoms with E-state index in [1.165, 1.54) is 4.90 Å². The van der Waals surface area contributed by atoms with E-state index in [9.17, 15) is 14.4 Å². The number of urea groups is 1. The number of amides is 4. The minimum absolute atomic E-state index is 0.0269. The Bertz CT molecular complexity index is 1030. The van der Waals surface area contributed by atoms with E-state index < -0.39 is 11.6 Å². The number of methoxy groups -OCH3 is 2. The molecular weight excluding hydrogens is 410 g/mol. The largest absolute Gasteiger partial charge is 0.497 e. The number of imide groups is 1. The number of rotatable bonds is 7.